The molecule has 21 heavy (non-hydrogen) atoms. The summed E-state index contributed by atoms with van der Waals surface area (Å²) in [5.41, 5.74) is 1.44. The standard InChI is InChI=1S/C17H15ClO3/c1-12(19)9-16(20)14-7-8-17(15(18)10-14)21-11-13-5-3-2-4-6-13/h2-10,19H,11H2,1H3/b12-9-. The van der Waals surface area contributed by atoms with E-state index in [1.54, 1.807) is 12.1 Å². The average Bonchev–Trinajstić information content (AvgIpc) is 2.46. The molecular formula is C17H15ClO3. The van der Waals surface area contributed by atoms with Crippen molar-refractivity contribution in [3.8, 4) is 5.75 Å². The lowest BCUT2D eigenvalue weighted by Gasteiger charge is -2.09. The molecule has 0 unspecified atom stereocenters. The summed E-state index contributed by atoms with van der Waals surface area (Å²) in [5.74, 6) is 0.175. The lowest BCUT2D eigenvalue weighted by molar-refractivity contribution is 0.104. The first-order valence-electron chi connectivity index (χ1n) is 6.44. The van der Waals surface area contributed by atoms with Crippen molar-refractivity contribution in [1.82, 2.24) is 0 Å². The Morgan fingerprint density at radius 3 is 2.57 bits per heavy atom. The minimum atomic E-state index is -0.300. The summed E-state index contributed by atoms with van der Waals surface area (Å²) in [6.07, 6.45) is 1.15. The highest BCUT2D eigenvalue weighted by Crippen LogP contribution is 2.26. The topological polar surface area (TPSA) is 46.5 Å². The smallest absolute Gasteiger partial charge is 0.189 e. The van der Waals surface area contributed by atoms with Crippen LogP contribution in [-0.4, -0.2) is 10.9 Å². The molecule has 0 aliphatic heterocycles. The van der Waals surface area contributed by atoms with Gasteiger partial charge in [0, 0.05) is 11.6 Å². The minimum absolute atomic E-state index is 0.0412. The SMILES string of the molecule is C/C(O)=C/C(=O)c1ccc(OCc2ccccc2)c(Cl)c1. The summed E-state index contributed by atoms with van der Waals surface area (Å²) < 4.78 is 5.63. The van der Waals surface area contributed by atoms with E-state index >= 15 is 0 Å². The molecule has 0 aliphatic rings. The molecule has 0 amide bonds. The number of benzene rings is 2. The predicted molar refractivity (Wildman–Crippen MR) is 82.9 cm³/mol. The lowest BCUT2D eigenvalue weighted by Crippen LogP contribution is -1.99. The summed E-state index contributed by atoms with van der Waals surface area (Å²) in [4.78, 5) is 11.8. The van der Waals surface area contributed by atoms with Crippen molar-refractivity contribution in [2.75, 3.05) is 0 Å². The molecule has 0 aliphatic carbocycles. The molecule has 0 atom stereocenters. The zero-order chi connectivity index (χ0) is 15.2. The van der Waals surface area contributed by atoms with E-state index < -0.39 is 0 Å². The van der Waals surface area contributed by atoms with Crippen LogP contribution in [0.2, 0.25) is 5.02 Å². The van der Waals surface area contributed by atoms with Gasteiger partial charge in [0.15, 0.2) is 5.78 Å². The Bertz CT molecular complexity index is 659. The van der Waals surface area contributed by atoms with E-state index in [-0.39, 0.29) is 11.5 Å². The predicted octanol–water partition coefficient (Wildman–Crippen LogP) is 4.56. The van der Waals surface area contributed by atoms with Crippen LogP contribution in [0.15, 0.2) is 60.4 Å². The Morgan fingerprint density at radius 1 is 1.24 bits per heavy atom. The molecule has 2 aromatic rings. The number of ether oxygens (including phenoxy) is 1. The van der Waals surface area contributed by atoms with Crippen molar-refractivity contribution in [2.24, 2.45) is 0 Å². The first kappa shape index (κ1) is 15.1. The average molecular weight is 303 g/mol. The zero-order valence-electron chi connectivity index (χ0n) is 11.5. The van der Waals surface area contributed by atoms with Gasteiger partial charge in [-0.3, -0.25) is 4.79 Å². The van der Waals surface area contributed by atoms with Crippen LogP contribution in [0.1, 0.15) is 22.8 Å². The van der Waals surface area contributed by atoms with E-state index in [1.807, 2.05) is 30.3 Å². The fourth-order valence-electron chi connectivity index (χ4n) is 1.78. The first-order chi connectivity index (χ1) is 10.1. The second-order valence-corrected chi connectivity index (χ2v) is 4.98. The van der Waals surface area contributed by atoms with E-state index in [0.29, 0.717) is 22.9 Å². The first-order valence-corrected chi connectivity index (χ1v) is 6.82. The van der Waals surface area contributed by atoms with Crippen LogP contribution in [0.4, 0.5) is 0 Å². The van der Waals surface area contributed by atoms with Crippen LogP contribution >= 0.6 is 11.6 Å². The van der Waals surface area contributed by atoms with Crippen molar-refractivity contribution < 1.29 is 14.6 Å². The van der Waals surface area contributed by atoms with Crippen LogP contribution < -0.4 is 4.74 Å². The highest BCUT2D eigenvalue weighted by molar-refractivity contribution is 6.32. The van der Waals surface area contributed by atoms with Gasteiger partial charge in [-0.15, -0.1) is 0 Å². The molecular weight excluding hydrogens is 288 g/mol. The van der Waals surface area contributed by atoms with Crippen LogP contribution in [0, 0.1) is 0 Å². The summed E-state index contributed by atoms with van der Waals surface area (Å²) in [6.45, 7) is 1.85. The molecule has 108 valence electrons. The molecule has 0 heterocycles. The van der Waals surface area contributed by atoms with E-state index in [4.69, 9.17) is 21.4 Å². The number of carbonyl (C=O) groups excluding carboxylic acids is 1. The lowest BCUT2D eigenvalue weighted by atomic mass is 10.1. The Morgan fingerprint density at radius 2 is 1.95 bits per heavy atom. The van der Waals surface area contributed by atoms with Gasteiger partial charge in [0.05, 0.1) is 10.8 Å². The van der Waals surface area contributed by atoms with Gasteiger partial charge in [-0.05, 0) is 30.7 Å². The number of aliphatic hydroxyl groups is 1. The normalized spacial score (nSPS) is 11.2. The molecule has 0 fully saturated rings. The third kappa shape index (κ3) is 4.36. The van der Waals surface area contributed by atoms with Crippen molar-refractivity contribution in [1.29, 1.82) is 0 Å². The number of carbonyl (C=O) groups is 1. The second kappa shape index (κ2) is 6.95. The largest absolute Gasteiger partial charge is 0.512 e. The number of allylic oxidation sites excluding steroid dienone is 2. The van der Waals surface area contributed by atoms with Crippen LogP contribution in [0.3, 0.4) is 0 Å². The van der Waals surface area contributed by atoms with Crippen molar-refractivity contribution in [3.05, 3.63) is 76.5 Å². The van der Waals surface area contributed by atoms with Gasteiger partial charge in [0.1, 0.15) is 12.4 Å². The summed E-state index contributed by atoms with van der Waals surface area (Å²) in [7, 11) is 0. The number of rotatable bonds is 5. The van der Waals surface area contributed by atoms with E-state index in [2.05, 4.69) is 0 Å². The number of aliphatic hydroxyl groups excluding tert-OH is 1. The number of halogens is 1. The van der Waals surface area contributed by atoms with Gasteiger partial charge in [-0.2, -0.15) is 0 Å². The summed E-state index contributed by atoms with van der Waals surface area (Å²) >= 11 is 6.12. The van der Waals surface area contributed by atoms with Gasteiger partial charge in [-0.25, -0.2) is 0 Å². The molecule has 0 aromatic heterocycles. The van der Waals surface area contributed by atoms with Gasteiger partial charge in [0.2, 0.25) is 0 Å². The molecule has 0 saturated heterocycles. The third-order valence-electron chi connectivity index (χ3n) is 2.79. The van der Waals surface area contributed by atoms with E-state index in [0.717, 1.165) is 11.6 Å². The second-order valence-electron chi connectivity index (χ2n) is 4.57. The molecule has 0 spiro atoms. The Balaban J connectivity index is 2.09. The van der Waals surface area contributed by atoms with E-state index in [1.165, 1.54) is 13.0 Å². The molecule has 4 heteroatoms. The molecule has 2 aromatic carbocycles. The summed E-state index contributed by atoms with van der Waals surface area (Å²) in [5, 5.41) is 9.46. The molecule has 0 saturated carbocycles. The Kier molecular flexibility index (Phi) is 5.01. The third-order valence-corrected chi connectivity index (χ3v) is 3.09. The number of ketones is 1. The molecule has 3 nitrogen and oxygen atoms in total. The van der Waals surface area contributed by atoms with Crippen molar-refractivity contribution in [2.45, 2.75) is 13.5 Å². The monoisotopic (exact) mass is 302 g/mol. The minimum Gasteiger partial charge on any atom is -0.512 e. The van der Waals surface area contributed by atoms with Crippen LogP contribution in [-0.2, 0) is 6.61 Å². The van der Waals surface area contributed by atoms with Crippen LogP contribution in [0.5, 0.6) is 5.75 Å². The maximum absolute atomic E-state index is 11.8. The molecule has 1 N–H and O–H groups in total. The highest BCUT2D eigenvalue weighted by atomic mass is 35.5. The Labute approximate surface area is 128 Å². The fourth-order valence-corrected chi connectivity index (χ4v) is 2.01. The van der Waals surface area contributed by atoms with Crippen molar-refractivity contribution in [3.63, 3.8) is 0 Å². The zero-order valence-corrected chi connectivity index (χ0v) is 12.3. The van der Waals surface area contributed by atoms with Crippen LogP contribution in [0.25, 0.3) is 0 Å². The quantitative estimate of drug-likeness (QED) is 0.500. The number of hydrogen-bond donors (Lipinski definition) is 1. The van der Waals surface area contributed by atoms with Gasteiger partial charge >= 0.3 is 0 Å². The molecule has 0 radical (unpaired) electrons. The molecule has 0 bridgehead atoms. The maximum atomic E-state index is 11.8. The van der Waals surface area contributed by atoms with Gasteiger partial charge < -0.3 is 9.84 Å². The maximum Gasteiger partial charge on any atom is 0.189 e. The molecule has 2 rings (SSSR count). The number of hydrogen-bond acceptors (Lipinski definition) is 3. The highest BCUT2D eigenvalue weighted by Gasteiger charge is 2.08. The van der Waals surface area contributed by atoms with Gasteiger partial charge in [-0.1, -0.05) is 41.9 Å². The Hall–Kier alpha value is -2.26. The fraction of sp³-hybridized carbons (Fsp3) is 0.118. The summed E-state index contributed by atoms with van der Waals surface area (Å²) in [6, 6.07) is 14.5. The van der Waals surface area contributed by atoms with E-state index in [9.17, 15) is 4.79 Å². The van der Waals surface area contributed by atoms with Gasteiger partial charge in [0.25, 0.3) is 0 Å². The van der Waals surface area contributed by atoms with Crippen molar-refractivity contribution >= 4 is 17.4 Å².